The Morgan fingerprint density at radius 1 is 1.53 bits per heavy atom. The van der Waals surface area contributed by atoms with Gasteiger partial charge in [0.1, 0.15) is 11.7 Å². The van der Waals surface area contributed by atoms with E-state index in [1.165, 1.54) is 0 Å². The molecule has 7 nitrogen and oxygen atoms in total. The molecule has 2 rings (SSSR count). The lowest BCUT2D eigenvalue weighted by Gasteiger charge is -2.19. The number of nitrogens with one attached hydrogen (secondary N) is 1. The summed E-state index contributed by atoms with van der Waals surface area (Å²) in [6, 6.07) is -0.858. The number of carbonyl (C=O) groups is 2. The smallest absolute Gasteiger partial charge is 0.276 e. The summed E-state index contributed by atoms with van der Waals surface area (Å²) in [6.45, 7) is 1.41. The highest BCUT2D eigenvalue weighted by molar-refractivity contribution is 6.10. The Kier molecular flexibility index (Phi) is 2.95. The van der Waals surface area contributed by atoms with E-state index < -0.39 is 17.9 Å². The summed E-state index contributed by atoms with van der Waals surface area (Å²) in [6.07, 6.45) is 1.55. The highest BCUT2D eigenvalue weighted by atomic mass is 16.2. The van der Waals surface area contributed by atoms with E-state index in [0.717, 1.165) is 6.54 Å². The van der Waals surface area contributed by atoms with Crippen molar-refractivity contribution in [3.05, 3.63) is 17.7 Å². The van der Waals surface area contributed by atoms with E-state index in [9.17, 15) is 9.59 Å². The molecule has 17 heavy (non-hydrogen) atoms. The lowest BCUT2D eigenvalue weighted by molar-refractivity contribution is -0.121. The van der Waals surface area contributed by atoms with Crippen LogP contribution in [0.1, 0.15) is 22.2 Å². The number of imidazole rings is 1. The molecular formula is C10H15N5O2. The number of amides is 2. The average molecular weight is 237 g/mol. The number of hydrogen-bond donors (Lipinski definition) is 2. The van der Waals surface area contributed by atoms with E-state index in [2.05, 4.69) is 10.3 Å². The molecule has 0 fully saturated rings. The number of likely N-dealkylation sites (N-methyl/N-ethyl adjacent to an activating group) is 1. The quantitative estimate of drug-likeness (QED) is 0.638. The molecule has 1 unspecified atom stereocenters. The first-order valence-corrected chi connectivity index (χ1v) is 5.31. The molecule has 0 spiro atoms. The maximum Gasteiger partial charge on any atom is 0.276 e. The van der Waals surface area contributed by atoms with E-state index >= 15 is 0 Å². The zero-order valence-corrected chi connectivity index (χ0v) is 9.80. The van der Waals surface area contributed by atoms with Gasteiger partial charge in [-0.1, -0.05) is 0 Å². The fraction of sp³-hybridized carbons (Fsp3) is 0.500. The van der Waals surface area contributed by atoms with Crippen molar-refractivity contribution in [1.82, 2.24) is 19.8 Å². The van der Waals surface area contributed by atoms with Gasteiger partial charge in [0.15, 0.2) is 0 Å². The fourth-order valence-electron chi connectivity index (χ4n) is 1.72. The van der Waals surface area contributed by atoms with Crippen LogP contribution in [0.4, 0.5) is 0 Å². The number of nitrogens with two attached hydrogens (primary N) is 1. The van der Waals surface area contributed by atoms with Gasteiger partial charge in [-0.3, -0.25) is 14.9 Å². The number of carbonyl (C=O) groups excluding carboxylic acids is 2. The minimum Gasteiger partial charge on any atom is -0.325 e. The van der Waals surface area contributed by atoms with Crippen LogP contribution in [0.15, 0.2) is 6.33 Å². The molecule has 1 aromatic rings. The van der Waals surface area contributed by atoms with Gasteiger partial charge in [-0.2, -0.15) is 0 Å². The molecule has 0 aromatic carbocycles. The third-order valence-electron chi connectivity index (χ3n) is 2.68. The number of hydrogen-bond acceptors (Lipinski definition) is 5. The Balaban J connectivity index is 2.30. The summed E-state index contributed by atoms with van der Waals surface area (Å²) in [5.74, 6) is -0.927. The summed E-state index contributed by atoms with van der Waals surface area (Å²) in [5, 5.41) is 2.22. The first kappa shape index (κ1) is 11.7. The number of imide groups is 1. The Morgan fingerprint density at radius 3 is 2.88 bits per heavy atom. The van der Waals surface area contributed by atoms with Crippen LogP contribution in [0.5, 0.6) is 0 Å². The predicted molar refractivity (Wildman–Crippen MR) is 60.2 cm³/mol. The Bertz CT molecular complexity index is 465. The molecule has 92 valence electrons. The third-order valence-corrected chi connectivity index (χ3v) is 2.68. The standard InChI is InChI=1S/C10H15N5O2/c1-14(2)3-4-15-5-12-7-6(11)9(16)13-10(17)8(7)15/h5-6H,3-4,11H2,1-2H3,(H,13,16,17). The Labute approximate surface area is 98.6 Å². The molecule has 2 heterocycles. The maximum absolute atomic E-state index is 11.7. The second-order valence-electron chi connectivity index (χ2n) is 4.27. The summed E-state index contributed by atoms with van der Waals surface area (Å²) in [7, 11) is 3.89. The first-order chi connectivity index (χ1) is 8.00. The Hall–Kier alpha value is -1.73. The summed E-state index contributed by atoms with van der Waals surface area (Å²) in [4.78, 5) is 29.1. The topological polar surface area (TPSA) is 93.2 Å². The molecule has 0 bridgehead atoms. The SMILES string of the molecule is CN(C)CCn1cnc2c1C(=O)NC(=O)C2N. The lowest BCUT2D eigenvalue weighted by Crippen LogP contribution is -2.44. The monoisotopic (exact) mass is 237 g/mol. The third kappa shape index (κ3) is 2.06. The van der Waals surface area contributed by atoms with Crippen LogP contribution < -0.4 is 11.1 Å². The summed E-state index contributed by atoms with van der Waals surface area (Å²) < 4.78 is 1.72. The van der Waals surface area contributed by atoms with Gasteiger partial charge in [-0.25, -0.2) is 4.98 Å². The minimum atomic E-state index is -0.858. The summed E-state index contributed by atoms with van der Waals surface area (Å²) in [5.41, 5.74) is 6.42. The van der Waals surface area contributed by atoms with Gasteiger partial charge < -0.3 is 15.2 Å². The lowest BCUT2D eigenvalue weighted by atomic mass is 10.1. The van der Waals surface area contributed by atoms with Crippen LogP contribution in [-0.2, 0) is 11.3 Å². The largest absolute Gasteiger partial charge is 0.325 e. The first-order valence-electron chi connectivity index (χ1n) is 5.31. The molecule has 3 N–H and O–H groups in total. The number of rotatable bonds is 3. The zero-order valence-electron chi connectivity index (χ0n) is 9.80. The van der Waals surface area contributed by atoms with Gasteiger partial charge in [0, 0.05) is 13.1 Å². The van der Waals surface area contributed by atoms with Gasteiger partial charge in [0.2, 0.25) is 5.91 Å². The predicted octanol–water partition coefficient (Wildman–Crippen LogP) is -1.29. The molecule has 1 aliphatic heterocycles. The molecule has 0 saturated heterocycles. The second kappa shape index (κ2) is 4.27. The molecule has 2 amide bonds. The van der Waals surface area contributed by atoms with Crippen LogP contribution in [0.25, 0.3) is 0 Å². The normalized spacial score (nSPS) is 19.4. The van der Waals surface area contributed by atoms with Crippen LogP contribution in [0.2, 0.25) is 0 Å². The molecule has 0 radical (unpaired) electrons. The fourth-order valence-corrected chi connectivity index (χ4v) is 1.72. The van der Waals surface area contributed by atoms with Gasteiger partial charge >= 0.3 is 0 Å². The van der Waals surface area contributed by atoms with E-state index in [1.807, 2.05) is 19.0 Å². The van der Waals surface area contributed by atoms with Crippen molar-refractivity contribution in [2.24, 2.45) is 5.73 Å². The highest BCUT2D eigenvalue weighted by Crippen LogP contribution is 2.19. The van der Waals surface area contributed by atoms with Gasteiger partial charge in [-0.05, 0) is 14.1 Å². The molecule has 1 aromatic heterocycles. The van der Waals surface area contributed by atoms with Crippen molar-refractivity contribution in [3.8, 4) is 0 Å². The summed E-state index contributed by atoms with van der Waals surface area (Å²) >= 11 is 0. The molecular weight excluding hydrogens is 222 g/mol. The van der Waals surface area contributed by atoms with E-state index in [4.69, 9.17) is 5.73 Å². The molecule has 0 saturated carbocycles. The van der Waals surface area contributed by atoms with Crippen LogP contribution in [0, 0.1) is 0 Å². The molecule has 1 aliphatic rings. The van der Waals surface area contributed by atoms with Crippen molar-refractivity contribution in [2.45, 2.75) is 12.6 Å². The van der Waals surface area contributed by atoms with Crippen molar-refractivity contribution < 1.29 is 9.59 Å². The van der Waals surface area contributed by atoms with Crippen molar-refractivity contribution >= 4 is 11.8 Å². The maximum atomic E-state index is 11.7. The minimum absolute atomic E-state index is 0.359. The number of aromatic nitrogens is 2. The number of fused-ring (bicyclic) bond motifs is 1. The van der Waals surface area contributed by atoms with Gasteiger partial charge in [-0.15, -0.1) is 0 Å². The van der Waals surface area contributed by atoms with Crippen LogP contribution >= 0.6 is 0 Å². The Morgan fingerprint density at radius 2 is 2.24 bits per heavy atom. The van der Waals surface area contributed by atoms with Crippen molar-refractivity contribution in [2.75, 3.05) is 20.6 Å². The van der Waals surface area contributed by atoms with Crippen LogP contribution in [-0.4, -0.2) is 46.9 Å². The highest BCUT2D eigenvalue weighted by Gasteiger charge is 2.33. The van der Waals surface area contributed by atoms with E-state index in [1.54, 1.807) is 10.9 Å². The van der Waals surface area contributed by atoms with Crippen molar-refractivity contribution in [1.29, 1.82) is 0 Å². The average Bonchev–Trinajstić information content (AvgIpc) is 2.67. The van der Waals surface area contributed by atoms with E-state index in [0.29, 0.717) is 17.9 Å². The van der Waals surface area contributed by atoms with Gasteiger partial charge in [0.25, 0.3) is 5.91 Å². The van der Waals surface area contributed by atoms with Crippen LogP contribution in [0.3, 0.4) is 0 Å². The van der Waals surface area contributed by atoms with Crippen molar-refractivity contribution in [3.63, 3.8) is 0 Å². The zero-order chi connectivity index (χ0) is 12.6. The molecule has 0 aliphatic carbocycles. The van der Waals surface area contributed by atoms with E-state index in [-0.39, 0.29) is 0 Å². The molecule has 7 heteroatoms. The second-order valence-corrected chi connectivity index (χ2v) is 4.27. The number of nitrogens with zero attached hydrogens (tertiary/aromatic N) is 3. The molecule has 1 atom stereocenters. The van der Waals surface area contributed by atoms with Gasteiger partial charge in [0.05, 0.1) is 12.0 Å².